The van der Waals surface area contributed by atoms with Crippen LogP contribution in [0.15, 0.2) is 18.2 Å². The Morgan fingerprint density at radius 1 is 1.29 bits per heavy atom. The zero-order chi connectivity index (χ0) is 13.0. The molecule has 0 aliphatic rings. The molecule has 0 aliphatic carbocycles. The molecule has 1 atom stereocenters. The summed E-state index contributed by atoms with van der Waals surface area (Å²) >= 11 is 0. The molecule has 0 fully saturated rings. The van der Waals surface area contributed by atoms with Gasteiger partial charge in [0.25, 0.3) is 0 Å². The summed E-state index contributed by atoms with van der Waals surface area (Å²) in [5.74, 6) is -3.34. The second kappa shape index (κ2) is 5.24. The van der Waals surface area contributed by atoms with Crippen molar-refractivity contribution in [1.82, 2.24) is 5.32 Å². The van der Waals surface area contributed by atoms with Gasteiger partial charge >= 0.3 is 12.0 Å². The van der Waals surface area contributed by atoms with Crippen molar-refractivity contribution < 1.29 is 23.5 Å². The molecular formula is C10H10F2N2O3. The minimum absolute atomic E-state index is 0.0268. The van der Waals surface area contributed by atoms with Gasteiger partial charge in [0.2, 0.25) is 0 Å². The van der Waals surface area contributed by atoms with Gasteiger partial charge in [-0.2, -0.15) is 0 Å². The lowest BCUT2D eigenvalue weighted by Crippen LogP contribution is -2.40. The smallest absolute Gasteiger partial charge is 0.325 e. The molecule has 0 radical (unpaired) electrons. The SMILES string of the molecule is CC(NC(=O)Nc1ccc(F)c(F)c1)C(=O)O. The monoisotopic (exact) mass is 244 g/mol. The molecule has 0 spiro atoms. The largest absolute Gasteiger partial charge is 0.480 e. The van der Waals surface area contributed by atoms with Crippen LogP contribution in [0.25, 0.3) is 0 Å². The van der Waals surface area contributed by atoms with E-state index < -0.39 is 29.7 Å². The zero-order valence-electron chi connectivity index (χ0n) is 8.83. The minimum atomic E-state index is -1.20. The Labute approximate surface area is 95.4 Å². The van der Waals surface area contributed by atoms with Crippen LogP contribution < -0.4 is 10.6 Å². The number of anilines is 1. The van der Waals surface area contributed by atoms with Crippen molar-refractivity contribution in [2.45, 2.75) is 13.0 Å². The molecular weight excluding hydrogens is 234 g/mol. The topological polar surface area (TPSA) is 78.4 Å². The number of halogens is 2. The number of hydrogen-bond donors (Lipinski definition) is 3. The predicted octanol–water partition coefficient (Wildman–Crippen LogP) is 1.56. The quantitative estimate of drug-likeness (QED) is 0.755. The molecule has 2 amide bonds. The zero-order valence-corrected chi connectivity index (χ0v) is 8.83. The van der Waals surface area contributed by atoms with Crippen molar-refractivity contribution >= 4 is 17.7 Å². The summed E-state index contributed by atoms with van der Waals surface area (Å²) in [4.78, 5) is 21.7. The normalized spacial score (nSPS) is 11.7. The van der Waals surface area contributed by atoms with E-state index >= 15 is 0 Å². The van der Waals surface area contributed by atoms with Crippen molar-refractivity contribution in [3.05, 3.63) is 29.8 Å². The number of rotatable bonds is 3. The van der Waals surface area contributed by atoms with Crippen LogP contribution in [0, 0.1) is 11.6 Å². The minimum Gasteiger partial charge on any atom is -0.480 e. The molecule has 0 saturated heterocycles. The maximum absolute atomic E-state index is 12.8. The Hall–Kier alpha value is -2.18. The van der Waals surface area contributed by atoms with E-state index in [1.54, 1.807) is 0 Å². The number of nitrogens with one attached hydrogen (secondary N) is 2. The third kappa shape index (κ3) is 3.71. The van der Waals surface area contributed by atoms with Crippen LogP contribution in [-0.2, 0) is 4.79 Å². The number of amides is 2. The summed E-state index contributed by atoms with van der Waals surface area (Å²) in [6, 6.07) is 0.904. The Morgan fingerprint density at radius 2 is 1.94 bits per heavy atom. The van der Waals surface area contributed by atoms with Gasteiger partial charge in [-0.3, -0.25) is 4.79 Å². The van der Waals surface area contributed by atoms with Gasteiger partial charge in [-0.05, 0) is 19.1 Å². The second-order valence-electron chi connectivity index (χ2n) is 3.29. The lowest BCUT2D eigenvalue weighted by atomic mass is 10.3. The lowest BCUT2D eigenvalue weighted by Gasteiger charge is -2.10. The molecule has 1 aromatic rings. The standard InChI is InChI=1S/C10H10F2N2O3/c1-5(9(15)16)13-10(17)14-6-2-3-7(11)8(12)4-6/h2-5H,1H3,(H,15,16)(H2,13,14,17). The number of carboxylic acid groups (broad SMARTS) is 1. The Kier molecular flexibility index (Phi) is 3.97. The van der Waals surface area contributed by atoms with Crippen LogP contribution in [0.3, 0.4) is 0 Å². The average Bonchev–Trinajstić information content (AvgIpc) is 2.23. The first-order valence-corrected chi connectivity index (χ1v) is 4.65. The first-order chi connectivity index (χ1) is 7.90. The maximum Gasteiger partial charge on any atom is 0.325 e. The summed E-state index contributed by atoms with van der Waals surface area (Å²) < 4.78 is 25.4. The Morgan fingerprint density at radius 3 is 2.47 bits per heavy atom. The molecule has 1 rings (SSSR count). The number of hydrogen-bond acceptors (Lipinski definition) is 2. The van der Waals surface area contributed by atoms with Gasteiger partial charge in [0.15, 0.2) is 11.6 Å². The molecule has 0 saturated carbocycles. The first-order valence-electron chi connectivity index (χ1n) is 4.65. The molecule has 0 heterocycles. The van der Waals surface area contributed by atoms with Crippen molar-refractivity contribution in [2.75, 3.05) is 5.32 Å². The Bertz CT molecular complexity index is 451. The summed E-state index contributed by atoms with van der Waals surface area (Å²) in [5.41, 5.74) is 0.0268. The van der Waals surface area contributed by atoms with Gasteiger partial charge in [0.1, 0.15) is 6.04 Å². The molecule has 5 nitrogen and oxygen atoms in total. The molecule has 0 aromatic heterocycles. The third-order valence-electron chi connectivity index (χ3n) is 1.90. The highest BCUT2D eigenvalue weighted by Gasteiger charge is 2.14. The van der Waals surface area contributed by atoms with Crippen molar-refractivity contribution in [3.8, 4) is 0 Å². The van der Waals surface area contributed by atoms with Gasteiger partial charge in [0, 0.05) is 11.8 Å². The molecule has 7 heteroatoms. The summed E-state index contributed by atoms with van der Waals surface area (Å²) in [7, 11) is 0. The second-order valence-corrected chi connectivity index (χ2v) is 3.29. The summed E-state index contributed by atoms with van der Waals surface area (Å²) in [6.07, 6.45) is 0. The highest BCUT2D eigenvalue weighted by molar-refractivity contribution is 5.92. The van der Waals surface area contributed by atoms with E-state index in [-0.39, 0.29) is 5.69 Å². The van der Waals surface area contributed by atoms with Gasteiger partial charge in [0.05, 0.1) is 0 Å². The molecule has 92 valence electrons. The maximum atomic E-state index is 12.8. The van der Waals surface area contributed by atoms with E-state index in [2.05, 4.69) is 10.6 Å². The van der Waals surface area contributed by atoms with E-state index in [4.69, 9.17) is 5.11 Å². The molecule has 0 aliphatic heterocycles. The first kappa shape index (κ1) is 12.9. The van der Waals surface area contributed by atoms with Crippen molar-refractivity contribution in [3.63, 3.8) is 0 Å². The molecule has 1 aromatic carbocycles. The number of aliphatic carboxylic acids is 1. The van der Waals surface area contributed by atoms with Crippen LogP contribution in [0.1, 0.15) is 6.92 Å². The van der Waals surface area contributed by atoms with Crippen LogP contribution in [0.2, 0.25) is 0 Å². The van der Waals surface area contributed by atoms with E-state index in [1.807, 2.05) is 0 Å². The Balaban J connectivity index is 2.62. The lowest BCUT2D eigenvalue weighted by molar-refractivity contribution is -0.138. The fourth-order valence-electron chi connectivity index (χ4n) is 0.999. The van der Waals surface area contributed by atoms with Crippen LogP contribution in [0.4, 0.5) is 19.3 Å². The fourth-order valence-corrected chi connectivity index (χ4v) is 0.999. The molecule has 0 bridgehead atoms. The van der Waals surface area contributed by atoms with E-state index in [9.17, 15) is 18.4 Å². The summed E-state index contributed by atoms with van der Waals surface area (Å²) in [6.45, 7) is 1.27. The van der Waals surface area contributed by atoms with Gasteiger partial charge in [-0.1, -0.05) is 0 Å². The molecule has 1 unspecified atom stereocenters. The number of carbonyl (C=O) groups is 2. The van der Waals surface area contributed by atoms with Gasteiger partial charge in [-0.15, -0.1) is 0 Å². The van der Waals surface area contributed by atoms with Crippen molar-refractivity contribution in [1.29, 1.82) is 0 Å². The fraction of sp³-hybridized carbons (Fsp3) is 0.200. The van der Waals surface area contributed by atoms with Crippen LogP contribution in [-0.4, -0.2) is 23.1 Å². The highest BCUT2D eigenvalue weighted by Crippen LogP contribution is 2.12. The molecule has 3 N–H and O–H groups in total. The number of carboxylic acids is 1. The number of urea groups is 1. The van der Waals surface area contributed by atoms with Gasteiger partial charge < -0.3 is 15.7 Å². The van der Waals surface area contributed by atoms with E-state index in [0.29, 0.717) is 0 Å². The third-order valence-corrected chi connectivity index (χ3v) is 1.90. The van der Waals surface area contributed by atoms with Gasteiger partial charge in [-0.25, -0.2) is 13.6 Å². The van der Waals surface area contributed by atoms with Crippen molar-refractivity contribution in [2.24, 2.45) is 0 Å². The van der Waals surface area contributed by atoms with Crippen LogP contribution >= 0.6 is 0 Å². The predicted molar refractivity (Wildman–Crippen MR) is 55.6 cm³/mol. The molecule has 17 heavy (non-hydrogen) atoms. The average molecular weight is 244 g/mol. The van der Waals surface area contributed by atoms with E-state index in [1.165, 1.54) is 6.92 Å². The highest BCUT2D eigenvalue weighted by atomic mass is 19.2. The number of benzene rings is 1. The summed E-state index contributed by atoms with van der Waals surface area (Å²) in [5, 5.41) is 12.8. The van der Waals surface area contributed by atoms with E-state index in [0.717, 1.165) is 18.2 Å². The van der Waals surface area contributed by atoms with Crippen LogP contribution in [0.5, 0.6) is 0 Å². The number of carbonyl (C=O) groups excluding carboxylic acids is 1.